The molecule has 0 spiro atoms. The van der Waals surface area contributed by atoms with Gasteiger partial charge in [-0.25, -0.2) is 9.07 Å². The molecule has 3 heterocycles. The number of nitrogens with one attached hydrogen (secondary N) is 1. The highest BCUT2D eigenvalue weighted by Crippen LogP contribution is 2.51. The predicted molar refractivity (Wildman–Crippen MR) is 123 cm³/mol. The van der Waals surface area contributed by atoms with Gasteiger partial charge in [-0.1, -0.05) is 42.0 Å². The molecule has 0 unspecified atom stereocenters. The number of fused-ring (bicyclic) bond motifs is 3. The molecule has 3 aromatic carbocycles. The van der Waals surface area contributed by atoms with Crippen molar-refractivity contribution in [3.05, 3.63) is 107 Å². The molecular formula is C26H21FN4O2. The first kappa shape index (κ1) is 19.5. The van der Waals surface area contributed by atoms with Crippen LogP contribution in [0.5, 0.6) is 11.5 Å². The third kappa shape index (κ3) is 3.16. The summed E-state index contributed by atoms with van der Waals surface area (Å²) >= 11 is 0. The van der Waals surface area contributed by atoms with Crippen molar-refractivity contribution in [3.63, 3.8) is 0 Å². The van der Waals surface area contributed by atoms with Crippen molar-refractivity contribution < 1.29 is 13.9 Å². The van der Waals surface area contributed by atoms with E-state index >= 15 is 0 Å². The lowest BCUT2D eigenvalue weighted by molar-refractivity contribution is 0.222. The fraction of sp³-hybridized carbons (Fsp3) is 0.154. The highest BCUT2D eigenvalue weighted by molar-refractivity contribution is 5.85. The van der Waals surface area contributed by atoms with Gasteiger partial charge in [0.05, 0.1) is 12.8 Å². The average molecular weight is 440 g/mol. The lowest BCUT2D eigenvalue weighted by Crippen LogP contribution is -2.32. The van der Waals surface area contributed by atoms with E-state index in [-0.39, 0.29) is 18.0 Å². The number of hydrogen-bond donors (Lipinski definition) is 1. The Labute approximate surface area is 190 Å². The van der Waals surface area contributed by atoms with Crippen LogP contribution in [0.3, 0.4) is 0 Å². The van der Waals surface area contributed by atoms with Crippen molar-refractivity contribution in [3.8, 4) is 11.5 Å². The van der Waals surface area contributed by atoms with Gasteiger partial charge in [-0.2, -0.15) is 10.1 Å². The highest BCUT2D eigenvalue weighted by Gasteiger charge is 2.41. The summed E-state index contributed by atoms with van der Waals surface area (Å²) in [6.07, 6.45) is 1.15. The Morgan fingerprint density at radius 2 is 1.76 bits per heavy atom. The third-order valence-corrected chi connectivity index (χ3v) is 6.19. The smallest absolute Gasteiger partial charge is 0.226 e. The second-order valence-electron chi connectivity index (χ2n) is 8.21. The van der Waals surface area contributed by atoms with E-state index in [1.165, 1.54) is 24.0 Å². The molecule has 2 aliphatic heterocycles. The Morgan fingerprint density at radius 1 is 1.00 bits per heavy atom. The van der Waals surface area contributed by atoms with Crippen molar-refractivity contribution in [1.82, 2.24) is 14.8 Å². The first-order chi connectivity index (χ1) is 16.1. The van der Waals surface area contributed by atoms with Crippen LogP contribution in [0.25, 0.3) is 5.70 Å². The summed E-state index contributed by atoms with van der Waals surface area (Å²) < 4.78 is 27.7. The maximum absolute atomic E-state index is 13.8. The summed E-state index contributed by atoms with van der Waals surface area (Å²) in [4.78, 5) is 4.43. The molecule has 0 saturated carbocycles. The van der Waals surface area contributed by atoms with Gasteiger partial charge in [0.1, 0.15) is 35.8 Å². The van der Waals surface area contributed by atoms with Crippen LogP contribution in [0.2, 0.25) is 0 Å². The van der Waals surface area contributed by atoms with Gasteiger partial charge >= 0.3 is 0 Å². The summed E-state index contributed by atoms with van der Waals surface area (Å²) in [7, 11) is 1.64. The minimum absolute atomic E-state index is 0.286. The van der Waals surface area contributed by atoms with Crippen LogP contribution in [0.4, 0.5) is 10.3 Å². The largest absolute Gasteiger partial charge is 0.497 e. The molecule has 0 bridgehead atoms. The number of anilines is 1. The summed E-state index contributed by atoms with van der Waals surface area (Å²) in [5.41, 5.74) is 5.84. The van der Waals surface area contributed by atoms with E-state index in [1.54, 1.807) is 19.2 Å². The molecular weight excluding hydrogens is 419 g/mol. The fourth-order valence-corrected chi connectivity index (χ4v) is 4.56. The van der Waals surface area contributed by atoms with Gasteiger partial charge in [0.2, 0.25) is 5.95 Å². The Morgan fingerprint density at radius 3 is 2.52 bits per heavy atom. The number of hydrogen-bond acceptors (Lipinski definition) is 5. The number of rotatable bonds is 3. The van der Waals surface area contributed by atoms with Gasteiger partial charge in [0.25, 0.3) is 0 Å². The monoisotopic (exact) mass is 440 g/mol. The van der Waals surface area contributed by atoms with Gasteiger partial charge in [-0.3, -0.25) is 0 Å². The summed E-state index contributed by atoms with van der Waals surface area (Å²) in [6.45, 7) is 2.06. The van der Waals surface area contributed by atoms with E-state index in [0.29, 0.717) is 5.95 Å². The second kappa shape index (κ2) is 7.48. The van der Waals surface area contributed by atoms with E-state index in [0.717, 1.165) is 39.5 Å². The number of methoxy groups -OCH3 is 1. The Balaban J connectivity index is 1.62. The first-order valence-electron chi connectivity index (χ1n) is 10.7. The van der Waals surface area contributed by atoms with Gasteiger partial charge < -0.3 is 14.8 Å². The molecule has 164 valence electrons. The number of ether oxygens (including phenoxy) is 2. The van der Waals surface area contributed by atoms with Gasteiger partial charge in [-0.05, 0) is 48.4 Å². The Bertz CT molecular complexity index is 1380. The minimum Gasteiger partial charge on any atom is -0.497 e. The molecule has 4 aromatic rings. The maximum Gasteiger partial charge on any atom is 0.226 e. The summed E-state index contributed by atoms with van der Waals surface area (Å²) in [6, 6.07) is 20.3. The van der Waals surface area contributed by atoms with Crippen LogP contribution in [0.15, 0.2) is 78.6 Å². The van der Waals surface area contributed by atoms with E-state index in [9.17, 15) is 4.39 Å². The van der Waals surface area contributed by atoms with Crippen LogP contribution >= 0.6 is 0 Å². The van der Waals surface area contributed by atoms with Crippen molar-refractivity contribution in [2.45, 2.75) is 19.1 Å². The molecule has 0 aliphatic carbocycles. The van der Waals surface area contributed by atoms with Crippen molar-refractivity contribution in [1.29, 1.82) is 0 Å². The predicted octanol–water partition coefficient (Wildman–Crippen LogP) is 5.29. The normalized spacial score (nSPS) is 18.5. The standard InChI is InChI=1S/C26H21FN4O2/c1-15-3-5-17(6-4-15)25-22-23(20-13-19(32-2)11-12-21(20)33-25)30-26-28-14-29-31(26)24(22)16-7-9-18(27)10-8-16/h3-14,24-25H,1-2H3,(H,28,29,30)/t24-,25-/m0/s1. The van der Waals surface area contributed by atoms with Crippen molar-refractivity contribution in [2.24, 2.45) is 0 Å². The number of aromatic nitrogens is 3. The van der Waals surface area contributed by atoms with Crippen LogP contribution in [-0.2, 0) is 0 Å². The molecule has 0 amide bonds. The fourth-order valence-electron chi connectivity index (χ4n) is 4.56. The molecule has 6 rings (SSSR count). The number of nitrogens with zero attached hydrogens (tertiary/aromatic N) is 3. The SMILES string of the molecule is COc1ccc2c(c1)C1=C([C@H](c3ccc(C)cc3)O2)[C@H](c2ccc(F)cc2)n2ncnc2N1. The molecule has 2 atom stereocenters. The first-order valence-corrected chi connectivity index (χ1v) is 10.7. The van der Waals surface area contributed by atoms with Crippen LogP contribution in [-0.4, -0.2) is 21.9 Å². The maximum atomic E-state index is 13.8. The molecule has 33 heavy (non-hydrogen) atoms. The van der Waals surface area contributed by atoms with E-state index in [2.05, 4.69) is 46.6 Å². The van der Waals surface area contributed by atoms with Crippen LogP contribution in [0, 0.1) is 12.7 Å². The van der Waals surface area contributed by atoms with E-state index in [4.69, 9.17) is 9.47 Å². The molecule has 7 heteroatoms. The molecule has 2 aliphatic rings. The van der Waals surface area contributed by atoms with Gasteiger partial charge in [0, 0.05) is 11.1 Å². The molecule has 0 fully saturated rings. The zero-order valence-electron chi connectivity index (χ0n) is 18.1. The molecule has 0 saturated heterocycles. The van der Waals surface area contributed by atoms with Crippen LogP contribution in [0.1, 0.15) is 34.4 Å². The number of aryl methyl sites for hydroxylation is 1. The zero-order chi connectivity index (χ0) is 22.5. The molecule has 1 aromatic heterocycles. The third-order valence-electron chi connectivity index (χ3n) is 6.19. The number of benzene rings is 3. The topological polar surface area (TPSA) is 61.2 Å². The molecule has 6 nitrogen and oxygen atoms in total. The quantitative estimate of drug-likeness (QED) is 0.469. The average Bonchev–Trinajstić information content (AvgIpc) is 3.31. The minimum atomic E-state index is -0.374. The molecule has 1 N–H and O–H groups in total. The van der Waals surface area contributed by atoms with Crippen molar-refractivity contribution in [2.75, 3.05) is 12.4 Å². The Kier molecular flexibility index (Phi) is 4.43. The lowest BCUT2D eigenvalue weighted by Gasteiger charge is -2.39. The van der Waals surface area contributed by atoms with E-state index in [1.807, 2.05) is 22.9 Å². The van der Waals surface area contributed by atoms with Gasteiger partial charge in [-0.15, -0.1) is 0 Å². The summed E-state index contributed by atoms with van der Waals surface area (Å²) in [5.74, 6) is 1.80. The summed E-state index contributed by atoms with van der Waals surface area (Å²) in [5, 5.41) is 7.96. The Hall–Kier alpha value is -4.13. The molecule has 0 radical (unpaired) electrons. The van der Waals surface area contributed by atoms with Crippen LogP contribution < -0.4 is 14.8 Å². The van der Waals surface area contributed by atoms with Crippen molar-refractivity contribution >= 4 is 11.6 Å². The second-order valence-corrected chi connectivity index (χ2v) is 8.21. The van der Waals surface area contributed by atoms with E-state index < -0.39 is 0 Å². The van der Waals surface area contributed by atoms with Gasteiger partial charge in [0.15, 0.2) is 0 Å². The highest BCUT2D eigenvalue weighted by atomic mass is 19.1. The lowest BCUT2D eigenvalue weighted by atomic mass is 9.84. The number of halogens is 1. The zero-order valence-corrected chi connectivity index (χ0v) is 18.1.